The van der Waals surface area contributed by atoms with E-state index in [0.717, 1.165) is 17.0 Å². The van der Waals surface area contributed by atoms with Gasteiger partial charge in [-0.05, 0) is 36.8 Å². The van der Waals surface area contributed by atoms with E-state index in [1.807, 2.05) is 0 Å². The summed E-state index contributed by atoms with van der Waals surface area (Å²) in [5.41, 5.74) is -0.565. The highest BCUT2D eigenvalue weighted by atomic mass is 19.2. The van der Waals surface area contributed by atoms with E-state index < -0.39 is 41.6 Å². The summed E-state index contributed by atoms with van der Waals surface area (Å²) in [5.74, 6) is -2.51. The van der Waals surface area contributed by atoms with Crippen LogP contribution in [0.15, 0.2) is 36.4 Å². The number of anilines is 1. The molecular formula is C21H21F2N3O5. The molecule has 4 amide bonds. The predicted molar refractivity (Wildman–Crippen MR) is 107 cm³/mol. The molecule has 3 rings (SSSR count). The van der Waals surface area contributed by atoms with Gasteiger partial charge in [0.15, 0.2) is 23.1 Å². The first kappa shape index (κ1) is 22.0. The number of benzene rings is 2. The predicted octanol–water partition coefficient (Wildman–Crippen LogP) is 2.47. The highest BCUT2D eigenvalue weighted by molar-refractivity contribution is 6.10. The average Bonchev–Trinajstić information content (AvgIpc) is 2.93. The lowest BCUT2D eigenvalue weighted by Crippen LogP contribution is -2.46. The Hall–Kier alpha value is -3.69. The topological polar surface area (TPSA) is 97.0 Å². The first-order chi connectivity index (χ1) is 14.7. The maximum Gasteiger partial charge on any atom is 0.325 e. The third-order valence-electron chi connectivity index (χ3n) is 4.86. The molecule has 2 aromatic rings. The number of methoxy groups -OCH3 is 2. The van der Waals surface area contributed by atoms with Gasteiger partial charge in [-0.1, -0.05) is 6.07 Å². The number of hydrogen-bond donors (Lipinski definition) is 2. The van der Waals surface area contributed by atoms with E-state index in [4.69, 9.17) is 9.47 Å². The lowest BCUT2D eigenvalue weighted by Gasteiger charge is -2.22. The Morgan fingerprint density at radius 2 is 1.77 bits per heavy atom. The van der Waals surface area contributed by atoms with Crippen LogP contribution in [0, 0.1) is 11.6 Å². The standard InChI is InChI=1S/C21H21F2N3O5/c1-21(10-12-4-7-16(30-2)17(8-12)31-3)19(28)26(20(29)25-21)11-18(27)24-13-5-6-14(22)15(23)9-13/h4-9H,10-11H2,1-3H3,(H,24,27)(H,25,29). The molecule has 10 heteroatoms. The monoisotopic (exact) mass is 433 g/mol. The summed E-state index contributed by atoms with van der Waals surface area (Å²) >= 11 is 0. The van der Waals surface area contributed by atoms with Gasteiger partial charge in [-0.3, -0.25) is 14.5 Å². The number of urea groups is 1. The Labute approximate surface area is 177 Å². The van der Waals surface area contributed by atoms with Gasteiger partial charge in [0.05, 0.1) is 14.2 Å². The van der Waals surface area contributed by atoms with Crippen LogP contribution in [0.4, 0.5) is 19.3 Å². The van der Waals surface area contributed by atoms with E-state index in [1.165, 1.54) is 20.3 Å². The van der Waals surface area contributed by atoms with Gasteiger partial charge in [0, 0.05) is 18.2 Å². The second kappa shape index (κ2) is 8.58. The summed E-state index contributed by atoms with van der Waals surface area (Å²) in [6.07, 6.45) is 0.152. The number of carbonyl (C=O) groups is 3. The molecule has 2 aromatic carbocycles. The Bertz CT molecular complexity index is 1050. The minimum Gasteiger partial charge on any atom is -0.493 e. The van der Waals surface area contributed by atoms with Gasteiger partial charge in [-0.25, -0.2) is 13.6 Å². The Balaban J connectivity index is 1.70. The van der Waals surface area contributed by atoms with Crippen LogP contribution in [0.5, 0.6) is 11.5 Å². The molecule has 0 radical (unpaired) electrons. The first-order valence-corrected chi connectivity index (χ1v) is 9.27. The largest absolute Gasteiger partial charge is 0.493 e. The zero-order chi connectivity index (χ0) is 22.8. The molecule has 1 fully saturated rings. The van der Waals surface area contributed by atoms with E-state index in [9.17, 15) is 23.2 Å². The van der Waals surface area contributed by atoms with Gasteiger partial charge in [-0.15, -0.1) is 0 Å². The molecule has 0 saturated carbocycles. The van der Waals surface area contributed by atoms with E-state index in [2.05, 4.69) is 10.6 Å². The van der Waals surface area contributed by atoms with Crippen molar-refractivity contribution in [3.63, 3.8) is 0 Å². The van der Waals surface area contributed by atoms with E-state index in [1.54, 1.807) is 25.1 Å². The third kappa shape index (κ3) is 4.57. The Morgan fingerprint density at radius 1 is 1.06 bits per heavy atom. The Morgan fingerprint density at radius 3 is 2.42 bits per heavy atom. The van der Waals surface area contributed by atoms with Crippen LogP contribution in [0.1, 0.15) is 12.5 Å². The van der Waals surface area contributed by atoms with Crippen molar-refractivity contribution in [2.75, 3.05) is 26.1 Å². The molecule has 0 spiro atoms. The minimum atomic E-state index is -1.28. The first-order valence-electron chi connectivity index (χ1n) is 9.27. The van der Waals surface area contributed by atoms with Crippen LogP contribution in [0.3, 0.4) is 0 Å². The highest BCUT2D eigenvalue weighted by Gasteiger charge is 2.48. The molecule has 1 saturated heterocycles. The molecule has 0 aliphatic carbocycles. The second-order valence-electron chi connectivity index (χ2n) is 7.20. The van der Waals surface area contributed by atoms with Crippen LogP contribution >= 0.6 is 0 Å². The number of imide groups is 1. The average molecular weight is 433 g/mol. The lowest BCUT2D eigenvalue weighted by atomic mass is 9.92. The van der Waals surface area contributed by atoms with Crippen molar-refractivity contribution in [1.29, 1.82) is 0 Å². The number of rotatable bonds is 7. The van der Waals surface area contributed by atoms with Crippen molar-refractivity contribution in [1.82, 2.24) is 10.2 Å². The molecule has 1 aliphatic heterocycles. The molecule has 31 heavy (non-hydrogen) atoms. The zero-order valence-electron chi connectivity index (χ0n) is 17.1. The van der Waals surface area contributed by atoms with Gasteiger partial charge < -0.3 is 20.1 Å². The van der Waals surface area contributed by atoms with Crippen molar-refractivity contribution in [2.24, 2.45) is 0 Å². The third-order valence-corrected chi connectivity index (χ3v) is 4.86. The summed E-state index contributed by atoms with van der Waals surface area (Å²) in [6, 6.07) is 7.23. The van der Waals surface area contributed by atoms with Crippen molar-refractivity contribution in [2.45, 2.75) is 18.9 Å². The number of ether oxygens (including phenoxy) is 2. The summed E-state index contributed by atoms with van der Waals surface area (Å²) in [4.78, 5) is 38.3. The number of carbonyl (C=O) groups excluding carboxylic acids is 3. The fraction of sp³-hybridized carbons (Fsp3) is 0.286. The second-order valence-corrected chi connectivity index (χ2v) is 7.20. The van der Waals surface area contributed by atoms with Gasteiger partial charge in [0.1, 0.15) is 12.1 Å². The van der Waals surface area contributed by atoms with Gasteiger partial charge in [0.2, 0.25) is 5.91 Å². The van der Waals surface area contributed by atoms with Crippen molar-refractivity contribution < 1.29 is 32.6 Å². The Kier molecular flexibility index (Phi) is 6.09. The molecule has 1 aliphatic rings. The fourth-order valence-corrected chi connectivity index (χ4v) is 3.33. The molecule has 8 nitrogen and oxygen atoms in total. The summed E-state index contributed by atoms with van der Waals surface area (Å²) < 4.78 is 36.8. The molecule has 164 valence electrons. The fourth-order valence-electron chi connectivity index (χ4n) is 3.33. The van der Waals surface area contributed by atoms with Gasteiger partial charge in [0.25, 0.3) is 5.91 Å². The SMILES string of the molecule is COc1ccc(CC2(C)NC(=O)N(CC(=O)Nc3ccc(F)c(F)c3)C2=O)cc1OC. The van der Waals surface area contributed by atoms with Crippen LogP contribution in [-0.4, -0.2) is 49.0 Å². The smallest absolute Gasteiger partial charge is 0.325 e. The van der Waals surface area contributed by atoms with Gasteiger partial charge in [-0.2, -0.15) is 0 Å². The van der Waals surface area contributed by atoms with Crippen LogP contribution < -0.4 is 20.1 Å². The van der Waals surface area contributed by atoms with Gasteiger partial charge >= 0.3 is 6.03 Å². The maximum atomic E-state index is 13.3. The van der Waals surface area contributed by atoms with Crippen molar-refractivity contribution >= 4 is 23.5 Å². The highest BCUT2D eigenvalue weighted by Crippen LogP contribution is 2.30. The molecule has 2 N–H and O–H groups in total. The zero-order valence-corrected chi connectivity index (χ0v) is 17.1. The molecular weight excluding hydrogens is 412 g/mol. The summed E-state index contributed by atoms with van der Waals surface area (Å²) in [7, 11) is 2.99. The van der Waals surface area contributed by atoms with Crippen LogP contribution in [0.25, 0.3) is 0 Å². The molecule has 0 bridgehead atoms. The maximum absolute atomic E-state index is 13.3. The lowest BCUT2D eigenvalue weighted by molar-refractivity contribution is -0.133. The normalized spacial score (nSPS) is 18.0. The van der Waals surface area contributed by atoms with E-state index in [-0.39, 0.29) is 12.1 Å². The van der Waals surface area contributed by atoms with E-state index >= 15 is 0 Å². The number of amides is 4. The molecule has 1 atom stereocenters. The number of halogens is 2. The number of nitrogens with zero attached hydrogens (tertiary/aromatic N) is 1. The van der Waals surface area contributed by atoms with Crippen molar-refractivity contribution in [3.8, 4) is 11.5 Å². The van der Waals surface area contributed by atoms with E-state index in [0.29, 0.717) is 17.1 Å². The van der Waals surface area contributed by atoms with Crippen molar-refractivity contribution in [3.05, 3.63) is 53.6 Å². The number of hydrogen-bond acceptors (Lipinski definition) is 5. The quantitative estimate of drug-likeness (QED) is 0.654. The van der Waals surface area contributed by atoms with Crippen LogP contribution in [-0.2, 0) is 16.0 Å². The molecule has 0 aromatic heterocycles. The van der Waals surface area contributed by atoms with Crippen LogP contribution in [0.2, 0.25) is 0 Å². The summed E-state index contributed by atoms with van der Waals surface area (Å²) in [5, 5.41) is 4.94. The number of nitrogens with one attached hydrogen (secondary N) is 2. The molecule has 1 heterocycles. The minimum absolute atomic E-state index is 0.00374. The summed E-state index contributed by atoms with van der Waals surface area (Å²) in [6.45, 7) is 0.975. The molecule has 1 unspecified atom stereocenters.